The number of rotatable bonds is 3. The molecule has 0 spiro atoms. The minimum Gasteiger partial charge on any atom is -1.00 e. The fourth-order valence-corrected chi connectivity index (χ4v) is 0.480. The zero-order chi connectivity index (χ0) is 6.57. The van der Waals surface area contributed by atoms with Crippen LogP contribution in [0.15, 0.2) is 0 Å². The predicted molar refractivity (Wildman–Crippen MR) is 31.6 cm³/mol. The molecule has 0 rings (SSSR count). The van der Waals surface area contributed by atoms with Gasteiger partial charge in [0.2, 0.25) is 0 Å². The van der Waals surface area contributed by atoms with Crippen LogP contribution in [-0.4, -0.2) is 12.1 Å². The first-order chi connectivity index (χ1) is 3.72. The first kappa shape index (κ1) is 12.1. The Kier molecular flexibility index (Phi) is 8.66. The predicted octanol–water partition coefficient (Wildman–Crippen LogP) is -2.08. The molecular weight excluding hydrogens is 127 g/mol. The molecule has 0 saturated carbocycles. The van der Waals surface area contributed by atoms with Gasteiger partial charge in [-0.05, 0) is 13.3 Å². The molecule has 2 nitrogen and oxygen atoms in total. The van der Waals surface area contributed by atoms with E-state index in [0.29, 0.717) is 12.7 Å². The van der Waals surface area contributed by atoms with Crippen LogP contribution in [0.1, 0.15) is 21.7 Å². The van der Waals surface area contributed by atoms with Crippen molar-refractivity contribution in [3.63, 3.8) is 0 Å². The minimum absolute atomic E-state index is 0. The van der Waals surface area contributed by atoms with E-state index in [1.165, 1.54) is 6.92 Å². The Bertz CT molecular complexity index is 106. The molecule has 0 amide bonds. The summed E-state index contributed by atoms with van der Waals surface area (Å²) < 4.78 is 0. The molecule has 0 aliphatic rings. The van der Waals surface area contributed by atoms with E-state index in [2.05, 4.69) is 0 Å². The van der Waals surface area contributed by atoms with Crippen LogP contribution in [-0.2, 0) is 9.59 Å². The molecule has 0 aromatic rings. The molecule has 0 aromatic carbocycles. The van der Waals surface area contributed by atoms with Crippen LogP contribution in [0.25, 0.3) is 0 Å². The zero-order valence-corrected chi connectivity index (χ0v) is 8.18. The van der Waals surface area contributed by atoms with Crippen molar-refractivity contribution in [1.82, 2.24) is 0 Å². The first-order valence-electron chi connectivity index (χ1n) is 2.68. The smallest absolute Gasteiger partial charge is 1.00 e. The second-order valence-electron chi connectivity index (χ2n) is 1.76. The summed E-state index contributed by atoms with van der Waals surface area (Å²) in [7, 11) is 0. The van der Waals surface area contributed by atoms with Gasteiger partial charge in [0.05, 0.1) is 5.92 Å². The van der Waals surface area contributed by atoms with Gasteiger partial charge in [0, 0.05) is 0 Å². The quantitative estimate of drug-likeness (QED) is 0.255. The molecule has 0 aromatic heterocycles. The van der Waals surface area contributed by atoms with Gasteiger partial charge < -0.3 is 6.22 Å². The Balaban J connectivity index is -0.000000245. The molecule has 3 heteroatoms. The zero-order valence-electron chi connectivity index (χ0n) is 7.18. The molecule has 0 fully saturated rings. The summed E-state index contributed by atoms with van der Waals surface area (Å²) in [5, 5.41) is 0. The van der Waals surface area contributed by atoms with Crippen molar-refractivity contribution in [3.05, 3.63) is 0 Å². The number of ketones is 1. The molecule has 48 valence electrons. The van der Waals surface area contributed by atoms with Gasteiger partial charge >= 0.3 is 29.6 Å². The van der Waals surface area contributed by atoms with Gasteiger partial charge in [0.1, 0.15) is 12.1 Å². The molecule has 1 unspecified atom stereocenters. The number of hydrogen-bond donors (Lipinski definition) is 0. The van der Waals surface area contributed by atoms with Gasteiger partial charge in [0.25, 0.3) is 0 Å². The Hall–Kier alpha value is 0.340. The molecular formula is C6H11NaO2. The normalized spacial score (nSPS) is 11.3. The standard InChI is InChI=1S/C6H10O2.Na.H/c1-3-6(4-7)5(2)8;;/h4,6H,3H2,1-2H3;;/q;+1;-1. The summed E-state index contributed by atoms with van der Waals surface area (Å²) >= 11 is 0. The van der Waals surface area contributed by atoms with E-state index in [-0.39, 0.29) is 42.7 Å². The SMILES string of the molecule is CCC(C=O)C(C)=O.[H-].[Na+]. The van der Waals surface area contributed by atoms with E-state index in [1.807, 2.05) is 6.92 Å². The van der Waals surface area contributed by atoms with E-state index >= 15 is 0 Å². The van der Waals surface area contributed by atoms with Crippen molar-refractivity contribution in [1.29, 1.82) is 0 Å². The fourth-order valence-electron chi connectivity index (χ4n) is 0.480. The fraction of sp³-hybridized carbons (Fsp3) is 0.667. The van der Waals surface area contributed by atoms with Crippen LogP contribution >= 0.6 is 0 Å². The molecule has 0 heterocycles. The van der Waals surface area contributed by atoms with Crippen molar-refractivity contribution in [3.8, 4) is 0 Å². The summed E-state index contributed by atoms with van der Waals surface area (Å²) in [6.07, 6.45) is 1.32. The van der Waals surface area contributed by atoms with Crippen LogP contribution in [0.2, 0.25) is 0 Å². The summed E-state index contributed by atoms with van der Waals surface area (Å²) in [6, 6.07) is 0. The van der Waals surface area contributed by atoms with Crippen molar-refractivity contribution in [2.24, 2.45) is 5.92 Å². The van der Waals surface area contributed by atoms with Crippen LogP contribution in [0.3, 0.4) is 0 Å². The Labute approximate surface area is 78.8 Å². The van der Waals surface area contributed by atoms with Crippen molar-refractivity contribution >= 4 is 12.1 Å². The number of carbonyl (C=O) groups is 2. The van der Waals surface area contributed by atoms with Crippen molar-refractivity contribution < 1.29 is 40.6 Å². The molecule has 0 N–H and O–H groups in total. The van der Waals surface area contributed by atoms with Crippen molar-refractivity contribution in [2.75, 3.05) is 0 Å². The summed E-state index contributed by atoms with van der Waals surface area (Å²) in [6.45, 7) is 3.25. The average Bonchev–Trinajstić information content (AvgIpc) is 1.69. The summed E-state index contributed by atoms with van der Waals surface area (Å²) in [5.74, 6) is -0.405. The Morgan fingerprint density at radius 3 is 2.22 bits per heavy atom. The third kappa shape index (κ3) is 4.82. The van der Waals surface area contributed by atoms with Gasteiger partial charge in [-0.1, -0.05) is 6.92 Å². The largest absolute Gasteiger partial charge is 1.00 e. The number of carbonyl (C=O) groups excluding carboxylic acids is 2. The third-order valence-electron chi connectivity index (χ3n) is 1.13. The van der Waals surface area contributed by atoms with Gasteiger partial charge in [-0.15, -0.1) is 0 Å². The van der Waals surface area contributed by atoms with Gasteiger partial charge in [-0.25, -0.2) is 0 Å². The summed E-state index contributed by atoms with van der Waals surface area (Å²) in [4.78, 5) is 20.3. The third-order valence-corrected chi connectivity index (χ3v) is 1.13. The molecule has 0 aliphatic heterocycles. The van der Waals surface area contributed by atoms with E-state index in [0.717, 1.165) is 0 Å². The van der Waals surface area contributed by atoms with Crippen LogP contribution < -0.4 is 29.6 Å². The Morgan fingerprint density at radius 2 is 2.22 bits per heavy atom. The molecule has 1 atom stereocenters. The maximum absolute atomic E-state index is 10.4. The monoisotopic (exact) mass is 138 g/mol. The number of Topliss-reactive ketones (excluding diaryl/α,β-unsaturated/α-hetero) is 1. The molecule has 9 heavy (non-hydrogen) atoms. The maximum Gasteiger partial charge on any atom is 1.00 e. The first-order valence-corrected chi connectivity index (χ1v) is 2.68. The topological polar surface area (TPSA) is 34.1 Å². The maximum atomic E-state index is 10.4. The molecule has 0 bridgehead atoms. The second-order valence-corrected chi connectivity index (χ2v) is 1.76. The average molecular weight is 138 g/mol. The Morgan fingerprint density at radius 1 is 1.78 bits per heavy atom. The number of aldehydes is 1. The van der Waals surface area contributed by atoms with Gasteiger partial charge in [-0.3, -0.25) is 4.79 Å². The van der Waals surface area contributed by atoms with Crippen molar-refractivity contribution in [2.45, 2.75) is 20.3 Å². The van der Waals surface area contributed by atoms with Crippen LogP contribution in [0.4, 0.5) is 0 Å². The van der Waals surface area contributed by atoms with Crippen LogP contribution in [0, 0.1) is 5.92 Å². The van der Waals surface area contributed by atoms with Gasteiger partial charge in [0.15, 0.2) is 0 Å². The molecule has 0 saturated heterocycles. The van der Waals surface area contributed by atoms with E-state index in [1.54, 1.807) is 0 Å². The van der Waals surface area contributed by atoms with E-state index in [4.69, 9.17) is 0 Å². The number of hydrogen-bond acceptors (Lipinski definition) is 2. The molecule has 0 aliphatic carbocycles. The van der Waals surface area contributed by atoms with E-state index < -0.39 is 0 Å². The molecule has 0 radical (unpaired) electrons. The summed E-state index contributed by atoms with van der Waals surface area (Å²) in [5.41, 5.74) is 0. The van der Waals surface area contributed by atoms with E-state index in [9.17, 15) is 9.59 Å². The second kappa shape index (κ2) is 6.46. The van der Waals surface area contributed by atoms with Crippen LogP contribution in [0.5, 0.6) is 0 Å². The minimum atomic E-state index is -0.366. The van der Waals surface area contributed by atoms with Gasteiger partial charge in [-0.2, -0.15) is 0 Å².